The molecule has 0 aliphatic rings. The van der Waals surface area contributed by atoms with Gasteiger partial charge < -0.3 is 10.1 Å². The predicted octanol–water partition coefficient (Wildman–Crippen LogP) is 4.06. The van der Waals surface area contributed by atoms with Crippen LogP contribution >= 0.6 is 0 Å². The number of carbonyl (C=O) groups is 3. The van der Waals surface area contributed by atoms with Crippen LogP contribution in [-0.4, -0.2) is 24.3 Å². The van der Waals surface area contributed by atoms with Gasteiger partial charge in [-0.1, -0.05) is 37.6 Å². The SMILES string of the molecule is CCCc1ccc(C(=O)CCC(=O)OCC(=O)Nc2cc(F)ccc2F)cc1. The maximum absolute atomic E-state index is 13.4. The molecule has 1 N–H and O–H groups in total. The van der Waals surface area contributed by atoms with E-state index in [0.29, 0.717) is 5.56 Å². The van der Waals surface area contributed by atoms with Gasteiger partial charge >= 0.3 is 5.97 Å². The third-order valence-electron chi connectivity index (χ3n) is 3.94. The van der Waals surface area contributed by atoms with Crippen LogP contribution in [0.5, 0.6) is 0 Å². The number of benzene rings is 2. The molecule has 148 valence electrons. The molecule has 0 aliphatic heterocycles. The van der Waals surface area contributed by atoms with E-state index in [1.807, 2.05) is 12.1 Å². The molecule has 0 unspecified atom stereocenters. The van der Waals surface area contributed by atoms with Crippen molar-refractivity contribution >= 4 is 23.3 Å². The van der Waals surface area contributed by atoms with Crippen molar-refractivity contribution in [3.05, 3.63) is 65.2 Å². The van der Waals surface area contributed by atoms with Crippen LogP contribution in [0, 0.1) is 11.6 Å². The van der Waals surface area contributed by atoms with E-state index in [-0.39, 0.29) is 24.3 Å². The molecule has 1 amide bonds. The standard InChI is InChI=1S/C21H21F2NO4/c1-2-3-14-4-6-15(7-5-14)19(25)10-11-21(27)28-13-20(26)24-18-12-16(22)8-9-17(18)23/h4-9,12H,2-3,10-11,13H2,1H3,(H,24,26). The Morgan fingerprint density at radius 2 is 1.71 bits per heavy atom. The zero-order valence-corrected chi connectivity index (χ0v) is 15.5. The molecule has 0 heterocycles. The van der Waals surface area contributed by atoms with Crippen LogP contribution in [0.15, 0.2) is 42.5 Å². The molecule has 0 radical (unpaired) electrons. The fourth-order valence-electron chi connectivity index (χ4n) is 2.50. The van der Waals surface area contributed by atoms with Gasteiger partial charge in [0.15, 0.2) is 12.4 Å². The van der Waals surface area contributed by atoms with Gasteiger partial charge in [-0.15, -0.1) is 0 Å². The Morgan fingerprint density at radius 1 is 1.00 bits per heavy atom. The van der Waals surface area contributed by atoms with E-state index < -0.39 is 30.1 Å². The number of aryl methyl sites for hydroxylation is 1. The van der Waals surface area contributed by atoms with Crippen LogP contribution in [0.1, 0.15) is 42.1 Å². The van der Waals surface area contributed by atoms with Crippen molar-refractivity contribution in [1.29, 1.82) is 0 Å². The smallest absolute Gasteiger partial charge is 0.306 e. The van der Waals surface area contributed by atoms with Crippen LogP contribution < -0.4 is 5.32 Å². The number of Topliss-reactive ketones (excluding diaryl/α,β-unsaturated/α-hetero) is 1. The largest absolute Gasteiger partial charge is 0.456 e. The first-order valence-electron chi connectivity index (χ1n) is 8.91. The molecule has 0 bridgehead atoms. The molecule has 0 spiro atoms. The van der Waals surface area contributed by atoms with Crippen molar-refractivity contribution in [2.75, 3.05) is 11.9 Å². The van der Waals surface area contributed by atoms with E-state index in [9.17, 15) is 23.2 Å². The van der Waals surface area contributed by atoms with E-state index in [1.54, 1.807) is 12.1 Å². The second-order valence-corrected chi connectivity index (χ2v) is 6.20. The van der Waals surface area contributed by atoms with Crippen molar-refractivity contribution in [3.63, 3.8) is 0 Å². The summed E-state index contributed by atoms with van der Waals surface area (Å²) in [5.41, 5.74) is 1.30. The summed E-state index contributed by atoms with van der Waals surface area (Å²) in [6.07, 6.45) is 1.71. The molecule has 2 rings (SSSR count). The molecule has 2 aromatic rings. The fourth-order valence-corrected chi connectivity index (χ4v) is 2.50. The summed E-state index contributed by atoms with van der Waals surface area (Å²) in [5.74, 6) is -3.26. The van der Waals surface area contributed by atoms with Crippen LogP contribution in [0.3, 0.4) is 0 Å². The van der Waals surface area contributed by atoms with E-state index in [0.717, 1.165) is 36.6 Å². The van der Waals surface area contributed by atoms with Gasteiger partial charge in [0, 0.05) is 18.1 Å². The molecule has 0 aliphatic carbocycles. The summed E-state index contributed by atoms with van der Waals surface area (Å²) in [7, 11) is 0. The highest BCUT2D eigenvalue weighted by molar-refractivity contribution is 5.98. The Bertz CT molecular complexity index is 850. The van der Waals surface area contributed by atoms with Crippen molar-refractivity contribution in [3.8, 4) is 0 Å². The fraction of sp³-hybridized carbons (Fsp3) is 0.286. The quantitative estimate of drug-likeness (QED) is 0.519. The van der Waals surface area contributed by atoms with Gasteiger partial charge in [-0.25, -0.2) is 8.78 Å². The molecule has 5 nitrogen and oxygen atoms in total. The molecular formula is C21H21F2NO4. The van der Waals surface area contributed by atoms with Crippen LogP contribution in [0.25, 0.3) is 0 Å². The lowest BCUT2D eigenvalue weighted by Crippen LogP contribution is -2.21. The van der Waals surface area contributed by atoms with Gasteiger partial charge in [-0.2, -0.15) is 0 Å². The molecule has 0 saturated heterocycles. The molecule has 0 saturated carbocycles. The lowest BCUT2D eigenvalue weighted by atomic mass is 10.0. The summed E-state index contributed by atoms with van der Waals surface area (Å²) in [6.45, 7) is 1.41. The summed E-state index contributed by atoms with van der Waals surface area (Å²) in [6, 6.07) is 9.81. The average Bonchev–Trinajstić information content (AvgIpc) is 2.68. The summed E-state index contributed by atoms with van der Waals surface area (Å²) < 4.78 is 31.3. The Balaban J connectivity index is 1.75. The molecule has 28 heavy (non-hydrogen) atoms. The minimum atomic E-state index is -0.810. The van der Waals surface area contributed by atoms with Gasteiger partial charge in [0.2, 0.25) is 0 Å². The number of hydrogen-bond donors (Lipinski definition) is 1. The maximum atomic E-state index is 13.4. The first kappa shape index (κ1) is 21.2. The number of rotatable bonds is 9. The van der Waals surface area contributed by atoms with Crippen molar-refractivity contribution in [2.45, 2.75) is 32.6 Å². The predicted molar refractivity (Wildman–Crippen MR) is 99.9 cm³/mol. The number of ether oxygens (including phenoxy) is 1. The van der Waals surface area contributed by atoms with Crippen molar-refractivity contribution in [1.82, 2.24) is 0 Å². The Kier molecular flexibility index (Phi) is 7.80. The van der Waals surface area contributed by atoms with Gasteiger partial charge in [0.25, 0.3) is 5.91 Å². The van der Waals surface area contributed by atoms with Crippen molar-refractivity contribution < 1.29 is 27.9 Å². The molecule has 0 fully saturated rings. The molecule has 2 aromatic carbocycles. The highest BCUT2D eigenvalue weighted by atomic mass is 19.1. The number of nitrogens with one attached hydrogen (secondary N) is 1. The van der Waals surface area contributed by atoms with Gasteiger partial charge in [-0.3, -0.25) is 14.4 Å². The van der Waals surface area contributed by atoms with Crippen LogP contribution in [0.2, 0.25) is 0 Å². The summed E-state index contributed by atoms with van der Waals surface area (Å²) in [5, 5.41) is 2.11. The van der Waals surface area contributed by atoms with Gasteiger partial charge in [-0.05, 0) is 24.1 Å². The number of halogens is 2. The number of hydrogen-bond acceptors (Lipinski definition) is 4. The summed E-state index contributed by atoms with van der Waals surface area (Å²) in [4.78, 5) is 35.5. The van der Waals surface area contributed by atoms with E-state index >= 15 is 0 Å². The third-order valence-corrected chi connectivity index (χ3v) is 3.94. The van der Waals surface area contributed by atoms with Gasteiger partial charge in [0.05, 0.1) is 12.1 Å². The highest BCUT2D eigenvalue weighted by Gasteiger charge is 2.13. The minimum Gasteiger partial charge on any atom is -0.456 e. The van der Waals surface area contributed by atoms with Crippen molar-refractivity contribution in [2.24, 2.45) is 0 Å². The third kappa shape index (κ3) is 6.57. The Hall–Kier alpha value is -3.09. The highest BCUT2D eigenvalue weighted by Crippen LogP contribution is 2.15. The number of ketones is 1. The summed E-state index contributed by atoms with van der Waals surface area (Å²) >= 11 is 0. The molecule has 0 aromatic heterocycles. The zero-order chi connectivity index (χ0) is 20.5. The Labute approximate surface area is 161 Å². The first-order chi connectivity index (χ1) is 13.4. The lowest BCUT2D eigenvalue weighted by molar-refractivity contribution is -0.147. The number of amides is 1. The number of esters is 1. The average molecular weight is 389 g/mol. The van der Waals surface area contributed by atoms with Crippen LogP contribution in [0.4, 0.5) is 14.5 Å². The number of anilines is 1. The number of carbonyl (C=O) groups excluding carboxylic acids is 3. The normalized spacial score (nSPS) is 10.4. The minimum absolute atomic E-state index is 0.0495. The monoisotopic (exact) mass is 389 g/mol. The molecule has 0 atom stereocenters. The molecule has 7 heteroatoms. The maximum Gasteiger partial charge on any atom is 0.306 e. The molecular weight excluding hydrogens is 368 g/mol. The van der Waals surface area contributed by atoms with Gasteiger partial charge in [0.1, 0.15) is 11.6 Å². The first-order valence-corrected chi connectivity index (χ1v) is 8.91. The Morgan fingerprint density at radius 3 is 2.39 bits per heavy atom. The van der Waals surface area contributed by atoms with E-state index in [1.165, 1.54) is 0 Å². The zero-order valence-electron chi connectivity index (χ0n) is 15.5. The second-order valence-electron chi connectivity index (χ2n) is 6.20. The van der Waals surface area contributed by atoms with E-state index in [2.05, 4.69) is 12.2 Å². The lowest BCUT2D eigenvalue weighted by Gasteiger charge is -2.08. The topological polar surface area (TPSA) is 72.5 Å². The second kappa shape index (κ2) is 10.3. The van der Waals surface area contributed by atoms with Crippen LogP contribution in [-0.2, 0) is 20.7 Å². The van der Waals surface area contributed by atoms with E-state index in [4.69, 9.17) is 4.74 Å².